The Balaban J connectivity index is 2.01. The molecule has 0 fully saturated rings. The molecule has 0 bridgehead atoms. The second kappa shape index (κ2) is 6.67. The molecule has 1 unspecified atom stereocenters. The van der Waals surface area contributed by atoms with E-state index in [1.165, 1.54) is 0 Å². The lowest BCUT2D eigenvalue weighted by molar-refractivity contribution is 0.0947. The number of aromatic nitrogens is 2. The number of rotatable bonds is 5. The number of amides is 1. The maximum Gasteiger partial charge on any atom is 0.271 e. The molecule has 0 aliphatic heterocycles. The lowest BCUT2D eigenvalue weighted by Crippen LogP contribution is -2.28. The maximum atomic E-state index is 12.1. The third-order valence-corrected chi connectivity index (χ3v) is 4.07. The Hall–Kier alpha value is -1.66. The molecule has 0 aromatic carbocycles. The van der Waals surface area contributed by atoms with Gasteiger partial charge in [0.1, 0.15) is 11.5 Å². The van der Waals surface area contributed by atoms with E-state index < -0.39 is 0 Å². The lowest BCUT2D eigenvalue weighted by atomic mass is 10.2. The topological polar surface area (TPSA) is 66.9 Å². The molecule has 0 spiro atoms. The van der Waals surface area contributed by atoms with Crippen LogP contribution in [0.1, 0.15) is 28.3 Å². The van der Waals surface area contributed by atoms with Gasteiger partial charge in [0.2, 0.25) is 0 Å². The third-order valence-electron chi connectivity index (χ3n) is 2.76. The first-order valence-corrected chi connectivity index (χ1v) is 7.39. The van der Waals surface area contributed by atoms with Gasteiger partial charge in [0, 0.05) is 31.1 Å². The van der Waals surface area contributed by atoms with Gasteiger partial charge in [-0.3, -0.25) is 4.79 Å². The van der Waals surface area contributed by atoms with Gasteiger partial charge in [-0.2, -0.15) is 0 Å². The van der Waals surface area contributed by atoms with E-state index in [9.17, 15) is 4.79 Å². The van der Waals surface area contributed by atoms with Crippen LogP contribution in [-0.2, 0) is 0 Å². The van der Waals surface area contributed by atoms with Crippen LogP contribution in [0.5, 0.6) is 0 Å². The molecule has 1 amide bonds. The number of pyridine rings is 1. The number of hydrogen-bond donors (Lipinski definition) is 2. The summed E-state index contributed by atoms with van der Waals surface area (Å²) in [5, 5.41) is 8.96. The van der Waals surface area contributed by atoms with Crippen molar-refractivity contribution in [2.45, 2.75) is 12.8 Å². The Morgan fingerprint density at radius 2 is 2.30 bits per heavy atom. The molecular formula is C13H15ClN4OS. The Labute approximate surface area is 126 Å². The summed E-state index contributed by atoms with van der Waals surface area (Å²) in [6.45, 7) is 2.51. The molecule has 2 aromatic heterocycles. The van der Waals surface area contributed by atoms with Gasteiger partial charge in [0.15, 0.2) is 0 Å². The van der Waals surface area contributed by atoms with Crippen LogP contribution in [0.15, 0.2) is 23.7 Å². The zero-order valence-corrected chi connectivity index (χ0v) is 12.8. The van der Waals surface area contributed by atoms with Crippen molar-refractivity contribution in [1.29, 1.82) is 0 Å². The van der Waals surface area contributed by atoms with Crippen LogP contribution < -0.4 is 10.6 Å². The minimum atomic E-state index is -0.282. The van der Waals surface area contributed by atoms with E-state index in [-0.39, 0.29) is 17.5 Å². The summed E-state index contributed by atoms with van der Waals surface area (Å²) in [7, 11) is 1.74. The van der Waals surface area contributed by atoms with Crippen molar-refractivity contribution in [3.05, 3.63) is 39.4 Å². The van der Waals surface area contributed by atoms with E-state index in [1.54, 1.807) is 36.7 Å². The Morgan fingerprint density at radius 3 is 2.95 bits per heavy atom. The van der Waals surface area contributed by atoms with Gasteiger partial charge in [-0.05, 0) is 12.1 Å². The minimum absolute atomic E-state index is 0.158. The summed E-state index contributed by atoms with van der Waals surface area (Å²) in [6, 6.07) is 3.37. The normalized spacial score (nSPS) is 11.9. The fourth-order valence-corrected chi connectivity index (χ4v) is 2.52. The summed E-state index contributed by atoms with van der Waals surface area (Å²) in [4.78, 5) is 20.5. The Bertz CT molecular complexity index is 588. The van der Waals surface area contributed by atoms with Gasteiger partial charge in [-0.25, -0.2) is 9.97 Å². The van der Waals surface area contributed by atoms with E-state index in [0.717, 1.165) is 5.01 Å². The molecule has 0 saturated heterocycles. The molecule has 0 radical (unpaired) electrons. The van der Waals surface area contributed by atoms with Crippen LogP contribution in [0.4, 0.5) is 5.82 Å². The summed E-state index contributed by atoms with van der Waals surface area (Å²) in [5.74, 6) is 0.480. The molecule has 0 saturated carbocycles. The van der Waals surface area contributed by atoms with Crippen molar-refractivity contribution in [1.82, 2.24) is 15.3 Å². The van der Waals surface area contributed by atoms with Crippen LogP contribution in [0, 0.1) is 0 Å². The largest absolute Gasteiger partial charge is 0.373 e. The zero-order chi connectivity index (χ0) is 14.5. The van der Waals surface area contributed by atoms with E-state index in [2.05, 4.69) is 20.6 Å². The molecule has 2 N–H and O–H groups in total. The molecule has 5 nitrogen and oxygen atoms in total. The predicted molar refractivity (Wildman–Crippen MR) is 81.7 cm³/mol. The molecule has 2 rings (SSSR count). The van der Waals surface area contributed by atoms with Crippen LogP contribution in [-0.4, -0.2) is 29.5 Å². The summed E-state index contributed by atoms with van der Waals surface area (Å²) in [6.07, 6.45) is 1.76. The second-order valence-electron chi connectivity index (χ2n) is 4.26. The van der Waals surface area contributed by atoms with Crippen LogP contribution >= 0.6 is 22.9 Å². The van der Waals surface area contributed by atoms with Gasteiger partial charge < -0.3 is 10.6 Å². The number of nitrogens with zero attached hydrogens (tertiary/aromatic N) is 2. The Kier molecular flexibility index (Phi) is 4.92. The summed E-state index contributed by atoms with van der Waals surface area (Å²) >= 11 is 7.58. The number of anilines is 1. The van der Waals surface area contributed by atoms with Crippen molar-refractivity contribution < 1.29 is 4.79 Å². The molecule has 2 aromatic rings. The molecule has 106 valence electrons. The molecule has 1 atom stereocenters. The van der Waals surface area contributed by atoms with E-state index in [0.29, 0.717) is 17.4 Å². The maximum absolute atomic E-state index is 12.1. The lowest BCUT2D eigenvalue weighted by Gasteiger charge is -2.11. The number of carbonyl (C=O) groups is 1. The highest BCUT2D eigenvalue weighted by atomic mass is 35.5. The predicted octanol–water partition coefficient (Wildman–Crippen LogP) is 2.77. The van der Waals surface area contributed by atoms with Crippen LogP contribution in [0.25, 0.3) is 0 Å². The van der Waals surface area contributed by atoms with Crippen molar-refractivity contribution in [2.75, 3.05) is 18.9 Å². The number of halogens is 1. The van der Waals surface area contributed by atoms with Gasteiger partial charge in [-0.15, -0.1) is 11.3 Å². The fourth-order valence-electron chi connectivity index (χ4n) is 1.64. The van der Waals surface area contributed by atoms with Gasteiger partial charge in [-0.1, -0.05) is 18.5 Å². The number of hydrogen-bond acceptors (Lipinski definition) is 5. The highest BCUT2D eigenvalue weighted by molar-refractivity contribution is 7.09. The average Bonchev–Trinajstić information content (AvgIpc) is 2.99. The van der Waals surface area contributed by atoms with Gasteiger partial charge in [0.05, 0.1) is 10.0 Å². The Morgan fingerprint density at radius 1 is 1.50 bits per heavy atom. The van der Waals surface area contributed by atoms with Crippen molar-refractivity contribution >= 4 is 34.7 Å². The summed E-state index contributed by atoms with van der Waals surface area (Å²) < 4.78 is 0. The molecular weight excluding hydrogens is 296 g/mol. The van der Waals surface area contributed by atoms with Crippen molar-refractivity contribution in [3.8, 4) is 0 Å². The molecule has 0 aliphatic carbocycles. The van der Waals surface area contributed by atoms with E-state index >= 15 is 0 Å². The fraction of sp³-hybridized carbons (Fsp3) is 0.308. The minimum Gasteiger partial charge on any atom is -0.373 e. The third kappa shape index (κ3) is 3.46. The monoisotopic (exact) mass is 310 g/mol. The van der Waals surface area contributed by atoms with Crippen LogP contribution in [0.3, 0.4) is 0 Å². The standard InChI is InChI=1S/C13H15ClN4OS/c1-8(13-16-5-6-20-13)7-17-12(19)11-9(14)3-4-10(15-2)18-11/h3-6,8H,7H2,1-2H3,(H,15,18)(H,17,19). The molecule has 20 heavy (non-hydrogen) atoms. The SMILES string of the molecule is CNc1ccc(Cl)c(C(=O)NCC(C)c2nccs2)n1. The molecule has 2 heterocycles. The first-order valence-electron chi connectivity index (χ1n) is 6.13. The van der Waals surface area contributed by atoms with Crippen molar-refractivity contribution in [3.63, 3.8) is 0 Å². The number of nitrogens with one attached hydrogen (secondary N) is 2. The van der Waals surface area contributed by atoms with E-state index in [1.807, 2.05) is 12.3 Å². The van der Waals surface area contributed by atoms with Crippen LogP contribution in [0.2, 0.25) is 5.02 Å². The smallest absolute Gasteiger partial charge is 0.271 e. The second-order valence-corrected chi connectivity index (χ2v) is 5.59. The number of thiazole rings is 1. The molecule has 0 aliphatic rings. The highest BCUT2D eigenvalue weighted by Crippen LogP contribution is 2.18. The van der Waals surface area contributed by atoms with Gasteiger partial charge in [0.25, 0.3) is 5.91 Å². The first-order chi connectivity index (χ1) is 9.61. The van der Waals surface area contributed by atoms with E-state index in [4.69, 9.17) is 11.6 Å². The quantitative estimate of drug-likeness (QED) is 0.891. The number of carbonyl (C=O) groups excluding carboxylic acids is 1. The van der Waals surface area contributed by atoms with Gasteiger partial charge >= 0.3 is 0 Å². The highest BCUT2D eigenvalue weighted by Gasteiger charge is 2.15. The summed E-state index contributed by atoms with van der Waals surface area (Å²) in [5.41, 5.74) is 0.227. The zero-order valence-electron chi connectivity index (χ0n) is 11.2. The molecule has 7 heteroatoms. The van der Waals surface area contributed by atoms with Crippen molar-refractivity contribution in [2.24, 2.45) is 0 Å². The first kappa shape index (κ1) is 14.7. The average molecular weight is 311 g/mol.